The van der Waals surface area contributed by atoms with Gasteiger partial charge in [0, 0.05) is 5.56 Å². The topological polar surface area (TPSA) is 20.2 Å². The molecule has 0 aliphatic heterocycles. The second-order valence-electron chi connectivity index (χ2n) is 4.53. The van der Waals surface area contributed by atoms with Gasteiger partial charge in [-0.15, -0.1) is 0 Å². The molecule has 86 valence electrons. The standard InChI is InChI=1S/C14H17FO/c1-14(16,11-7-3-2-4-8-11)12-9-5-6-10-13(12)15/h5-7,9-10,16H,2-4,8H2,1H3. The van der Waals surface area contributed by atoms with Gasteiger partial charge in [-0.1, -0.05) is 24.3 Å². The normalized spacial score (nSPS) is 20.1. The van der Waals surface area contributed by atoms with Crippen molar-refractivity contribution in [2.45, 2.75) is 38.2 Å². The zero-order valence-electron chi connectivity index (χ0n) is 9.54. The Labute approximate surface area is 95.6 Å². The first-order chi connectivity index (χ1) is 7.62. The second kappa shape index (κ2) is 4.38. The Morgan fingerprint density at radius 2 is 2.00 bits per heavy atom. The molecule has 0 saturated carbocycles. The molecule has 1 aliphatic carbocycles. The molecule has 0 heterocycles. The Morgan fingerprint density at radius 1 is 1.25 bits per heavy atom. The average molecular weight is 220 g/mol. The van der Waals surface area contributed by atoms with E-state index in [0.29, 0.717) is 5.56 Å². The summed E-state index contributed by atoms with van der Waals surface area (Å²) in [6.45, 7) is 1.68. The Balaban J connectivity index is 2.38. The molecule has 1 aromatic rings. The Bertz CT molecular complexity index is 407. The molecule has 2 rings (SSSR count). The van der Waals surface area contributed by atoms with Crippen LogP contribution >= 0.6 is 0 Å². The van der Waals surface area contributed by atoms with Gasteiger partial charge in [-0.05, 0) is 44.2 Å². The highest BCUT2D eigenvalue weighted by Gasteiger charge is 2.30. The van der Waals surface area contributed by atoms with E-state index in [4.69, 9.17) is 0 Å². The number of benzene rings is 1. The van der Waals surface area contributed by atoms with Gasteiger partial charge >= 0.3 is 0 Å². The van der Waals surface area contributed by atoms with E-state index in [0.717, 1.165) is 31.3 Å². The van der Waals surface area contributed by atoms with Crippen LogP contribution in [0.1, 0.15) is 38.2 Å². The molecule has 2 heteroatoms. The Kier molecular flexibility index (Phi) is 3.10. The van der Waals surface area contributed by atoms with E-state index in [1.54, 1.807) is 25.1 Å². The summed E-state index contributed by atoms with van der Waals surface area (Å²) in [5.74, 6) is -0.334. The molecular formula is C14H17FO. The molecular weight excluding hydrogens is 203 g/mol. The van der Waals surface area contributed by atoms with Crippen molar-refractivity contribution in [2.24, 2.45) is 0 Å². The van der Waals surface area contributed by atoms with Crippen molar-refractivity contribution in [3.05, 3.63) is 47.3 Å². The molecule has 0 spiro atoms. The quantitative estimate of drug-likeness (QED) is 0.756. The summed E-state index contributed by atoms with van der Waals surface area (Å²) in [5.41, 5.74) is 0.165. The van der Waals surface area contributed by atoms with Crippen molar-refractivity contribution in [1.29, 1.82) is 0 Å². The van der Waals surface area contributed by atoms with Crippen LogP contribution < -0.4 is 0 Å². The van der Waals surface area contributed by atoms with E-state index in [1.807, 2.05) is 0 Å². The maximum absolute atomic E-state index is 13.7. The zero-order chi connectivity index (χ0) is 11.6. The fourth-order valence-corrected chi connectivity index (χ4v) is 2.31. The van der Waals surface area contributed by atoms with Gasteiger partial charge in [0.2, 0.25) is 0 Å². The summed E-state index contributed by atoms with van der Waals surface area (Å²) in [4.78, 5) is 0. The van der Waals surface area contributed by atoms with Crippen LogP contribution in [0.15, 0.2) is 35.9 Å². The van der Waals surface area contributed by atoms with Crippen LogP contribution in [-0.2, 0) is 5.60 Å². The van der Waals surface area contributed by atoms with Crippen molar-refractivity contribution in [3.8, 4) is 0 Å². The summed E-state index contributed by atoms with van der Waals surface area (Å²) in [6, 6.07) is 6.46. The summed E-state index contributed by atoms with van der Waals surface area (Å²) in [7, 11) is 0. The fourth-order valence-electron chi connectivity index (χ4n) is 2.31. The maximum atomic E-state index is 13.7. The smallest absolute Gasteiger partial charge is 0.129 e. The number of halogens is 1. The van der Waals surface area contributed by atoms with Gasteiger partial charge in [-0.25, -0.2) is 4.39 Å². The summed E-state index contributed by atoms with van der Waals surface area (Å²) >= 11 is 0. The van der Waals surface area contributed by atoms with Crippen LogP contribution in [0.3, 0.4) is 0 Å². The minimum atomic E-state index is -1.16. The number of hydrogen-bond acceptors (Lipinski definition) is 1. The third-order valence-corrected chi connectivity index (χ3v) is 3.31. The number of aliphatic hydroxyl groups is 1. The van der Waals surface area contributed by atoms with Crippen LogP contribution in [0.2, 0.25) is 0 Å². The van der Waals surface area contributed by atoms with Gasteiger partial charge in [0.25, 0.3) is 0 Å². The van der Waals surface area contributed by atoms with Gasteiger partial charge in [0.05, 0.1) is 0 Å². The second-order valence-corrected chi connectivity index (χ2v) is 4.53. The van der Waals surface area contributed by atoms with Crippen LogP contribution in [0, 0.1) is 5.82 Å². The van der Waals surface area contributed by atoms with E-state index >= 15 is 0 Å². The lowest BCUT2D eigenvalue weighted by Crippen LogP contribution is -2.26. The zero-order valence-corrected chi connectivity index (χ0v) is 9.54. The molecule has 1 nitrogen and oxygen atoms in total. The summed E-state index contributed by atoms with van der Waals surface area (Å²) < 4.78 is 13.7. The molecule has 0 saturated heterocycles. The first-order valence-electron chi connectivity index (χ1n) is 5.79. The van der Waals surface area contributed by atoms with Crippen molar-refractivity contribution in [1.82, 2.24) is 0 Å². The van der Waals surface area contributed by atoms with E-state index in [9.17, 15) is 9.50 Å². The van der Waals surface area contributed by atoms with Crippen molar-refractivity contribution in [3.63, 3.8) is 0 Å². The Morgan fingerprint density at radius 3 is 2.62 bits per heavy atom. The third kappa shape index (κ3) is 2.03. The monoisotopic (exact) mass is 220 g/mol. The molecule has 16 heavy (non-hydrogen) atoms. The van der Waals surface area contributed by atoms with E-state index in [1.165, 1.54) is 6.07 Å². The first-order valence-corrected chi connectivity index (χ1v) is 5.79. The fraction of sp³-hybridized carbons (Fsp3) is 0.429. The summed E-state index contributed by atoms with van der Waals surface area (Å²) in [5, 5.41) is 10.5. The van der Waals surface area contributed by atoms with Crippen LogP contribution in [0.25, 0.3) is 0 Å². The lowest BCUT2D eigenvalue weighted by Gasteiger charge is -2.29. The van der Waals surface area contributed by atoms with Crippen LogP contribution in [0.4, 0.5) is 4.39 Å². The van der Waals surface area contributed by atoms with Crippen LogP contribution in [0.5, 0.6) is 0 Å². The molecule has 1 N–H and O–H groups in total. The highest BCUT2D eigenvalue weighted by molar-refractivity contribution is 5.33. The first kappa shape index (κ1) is 11.3. The number of hydrogen-bond donors (Lipinski definition) is 1. The van der Waals surface area contributed by atoms with Gasteiger partial charge < -0.3 is 5.11 Å². The molecule has 1 atom stereocenters. The lowest BCUT2D eigenvalue weighted by atomic mass is 9.82. The van der Waals surface area contributed by atoms with Crippen molar-refractivity contribution >= 4 is 0 Å². The highest BCUT2D eigenvalue weighted by Crippen LogP contribution is 2.36. The Hall–Kier alpha value is -1.15. The minimum absolute atomic E-state index is 0.334. The largest absolute Gasteiger partial charge is 0.381 e. The van der Waals surface area contributed by atoms with Gasteiger partial charge in [0.1, 0.15) is 11.4 Å². The number of allylic oxidation sites excluding steroid dienone is 1. The van der Waals surface area contributed by atoms with Gasteiger partial charge in [-0.3, -0.25) is 0 Å². The predicted molar refractivity (Wildman–Crippen MR) is 62.5 cm³/mol. The molecule has 1 unspecified atom stereocenters. The third-order valence-electron chi connectivity index (χ3n) is 3.31. The summed E-state index contributed by atoms with van der Waals surface area (Å²) in [6.07, 6.45) is 6.14. The molecule has 0 radical (unpaired) electrons. The predicted octanol–water partition coefficient (Wildman–Crippen LogP) is 3.53. The average Bonchev–Trinajstić information content (AvgIpc) is 2.30. The van der Waals surface area contributed by atoms with Crippen LogP contribution in [-0.4, -0.2) is 5.11 Å². The molecule has 0 bridgehead atoms. The van der Waals surface area contributed by atoms with Gasteiger partial charge in [0.15, 0.2) is 0 Å². The molecule has 0 fully saturated rings. The lowest BCUT2D eigenvalue weighted by molar-refractivity contribution is 0.0874. The molecule has 0 amide bonds. The van der Waals surface area contributed by atoms with E-state index in [2.05, 4.69) is 6.08 Å². The minimum Gasteiger partial charge on any atom is -0.381 e. The van der Waals surface area contributed by atoms with Crippen molar-refractivity contribution < 1.29 is 9.50 Å². The van der Waals surface area contributed by atoms with Crippen molar-refractivity contribution in [2.75, 3.05) is 0 Å². The maximum Gasteiger partial charge on any atom is 0.129 e. The van der Waals surface area contributed by atoms with E-state index in [-0.39, 0.29) is 5.82 Å². The molecule has 1 aliphatic rings. The highest BCUT2D eigenvalue weighted by atomic mass is 19.1. The van der Waals surface area contributed by atoms with Gasteiger partial charge in [-0.2, -0.15) is 0 Å². The van der Waals surface area contributed by atoms with E-state index < -0.39 is 5.60 Å². The number of rotatable bonds is 2. The SMILES string of the molecule is CC(O)(C1=CCCCC1)c1ccccc1F. The molecule has 0 aromatic heterocycles. The molecule has 1 aromatic carbocycles.